The fourth-order valence-corrected chi connectivity index (χ4v) is 2.13. The molecule has 0 aliphatic heterocycles. The first-order chi connectivity index (χ1) is 9.95. The Hall–Kier alpha value is -2.22. The average molecular weight is 292 g/mol. The Morgan fingerprint density at radius 1 is 1.38 bits per heavy atom. The van der Waals surface area contributed by atoms with E-state index in [0.29, 0.717) is 11.1 Å². The van der Waals surface area contributed by atoms with Gasteiger partial charge in [0.05, 0.1) is 6.10 Å². The van der Waals surface area contributed by atoms with Crippen LogP contribution in [0.2, 0.25) is 0 Å². The van der Waals surface area contributed by atoms with Crippen molar-refractivity contribution < 1.29 is 20.1 Å². The summed E-state index contributed by atoms with van der Waals surface area (Å²) in [6, 6.07) is 4.45. The first-order valence-corrected chi connectivity index (χ1v) is 6.35. The number of benzene rings is 1. The first kappa shape index (κ1) is 15.2. The molecule has 0 saturated heterocycles. The Morgan fingerprint density at radius 2 is 2.10 bits per heavy atom. The number of hydrogen-bond donors (Lipinski definition) is 5. The van der Waals surface area contributed by atoms with Gasteiger partial charge in [-0.1, -0.05) is 6.07 Å². The van der Waals surface area contributed by atoms with Crippen LogP contribution in [-0.2, 0) is 0 Å². The number of aromatic amines is 1. The number of carboxylic acid groups (broad SMARTS) is 1. The highest BCUT2D eigenvalue weighted by Gasteiger charge is 2.19. The molecule has 0 aliphatic carbocycles. The zero-order chi connectivity index (χ0) is 15.6. The summed E-state index contributed by atoms with van der Waals surface area (Å²) in [6.45, 7) is 0.216. The van der Waals surface area contributed by atoms with E-state index in [2.05, 4.69) is 10.3 Å². The normalized spacial score (nSPS) is 14.0. The molecule has 5 N–H and O–H groups in total. The van der Waals surface area contributed by atoms with Crippen molar-refractivity contribution in [2.45, 2.75) is 12.2 Å². The van der Waals surface area contributed by atoms with E-state index in [4.69, 9.17) is 5.11 Å². The molecule has 7 heteroatoms. The largest absolute Gasteiger partial charge is 0.477 e. The molecular weight excluding hydrogens is 276 g/mol. The molecule has 2 aromatic rings. The summed E-state index contributed by atoms with van der Waals surface area (Å²) in [5, 5.41) is 31.6. The van der Waals surface area contributed by atoms with Crippen molar-refractivity contribution in [3.63, 3.8) is 0 Å². The van der Waals surface area contributed by atoms with Gasteiger partial charge in [-0.2, -0.15) is 0 Å². The second kappa shape index (κ2) is 6.04. The second-order valence-corrected chi connectivity index (χ2v) is 4.71. The molecule has 0 spiro atoms. The number of aromatic nitrogens is 1. The number of aliphatic hydroxyl groups is 2. The highest BCUT2D eigenvalue weighted by Crippen LogP contribution is 2.20. The Bertz CT molecular complexity index is 725. The van der Waals surface area contributed by atoms with Crippen LogP contribution in [0.1, 0.15) is 22.0 Å². The van der Waals surface area contributed by atoms with E-state index >= 15 is 0 Å². The highest BCUT2D eigenvalue weighted by molar-refractivity contribution is 5.92. The molecule has 1 heterocycles. The summed E-state index contributed by atoms with van der Waals surface area (Å²) in [4.78, 5) is 25.6. The molecule has 2 atom stereocenters. The number of pyridine rings is 1. The van der Waals surface area contributed by atoms with Crippen LogP contribution in [0.25, 0.3) is 10.9 Å². The van der Waals surface area contributed by atoms with Crippen molar-refractivity contribution in [3.05, 3.63) is 45.7 Å². The third-order valence-corrected chi connectivity index (χ3v) is 3.25. The van der Waals surface area contributed by atoms with Crippen LogP contribution in [0, 0.1) is 0 Å². The maximum atomic E-state index is 12.0. The summed E-state index contributed by atoms with van der Waals surface area (Å²) in [6.07, 6.45) is -0.977. The minimum Gasteiger partial charge on any atom is -0.477 e. The van der Waals surface area contributed by atoms with Crippen LogP contribution in [0.4, 0.5) is 0 Å². The van der Waals surface area contributed by atoms with Gasteiger partial charge in [-0.05, 0) is 24.7 Å². The van der Waals surface area contributed by atoms with E-state index in [0.717, 1.165) is 6.20 Å². The predicted octanol–water partition coefficient (Wildman–Crippen LogP) is -0.160. The number of carbonyl (C=O) groups is 1. The van der Waals surface area contributed by atoms with Crippen LogP contribution in [0.15, 0.2) is 29.2 Å². The summed E-state index contributed by atoms with van der Waals surface area (Å²) in [5.74, 6) is -1.30. The molecule has 0 aliphatic rings. The quantitative estimate of drug-likeness (QED) is 0.522. The summed E-state index contributed by atoms with van der Waals surface area (Å²) in [7, 11) is 1.65. The third kappa shape index (κ3) is 2.94. The standard InChI is InChI=1S/C14H16N2O5/c1-15-6-11(17)12(18)7-2-3-8-10(4-7)16-5-9(13(8)19)14(20)21/h2-5,11-12,15,17-18H,6H2,1H3,(H,16,19)(H,20,21). The van der Waals surface area contributed by atoms with Crippen molar-refractivity contribution in [3.8, 4) is 0 Å². The van der Waals surface area contributed by atoms with Gasteiger partial charge in [0, 0.05) is 23.6 Å². The molecule has 7 nitrogen and oxygen atoms in total. The number of carboxylic acids is 1. The fraction of sp³-hybridized carbons (Fsp3) is 0.286. The van der Waals surface area contributed by atoms with Crippen molar-refractivity contribution in [2.24, 2.45) is 0 Å². The van der Waals surface area contributed by atoms with E-state index in [9.17, 15) is 19.8 Å². The Kier molecular flexibility index (Phi) is 4.37. The predicted molar refractivity (Wildman–Crippen MR) is 76.4 cm³/mol. The van der Waals surface area contributed by atoms with Gasteiger partial charge in [-0.15, -0.1) is 0 Å². The van der Waals surface area contributed by atoms with Crippen LogP contribution >= 0.6 is 0 Å². The molecule has 2 rings (SSSR count). The molecule has 0 amide bonds. The van der Waals surface area contributed by atoms with Gasteiger partial charge in [-0.25, -0.2) is 4.79 Å². The monoisotopic (exact) mass is 292 g/mol. The average Bonchev–Trinajstić information content (AvgIpc) is 2.46. The minimum absolute atomic E-state index is 0.216. The lowest BCUT2D eigenvalue weighted by molar-refractivity contribution is 0.0203. The molecule has 0 fully saturated rings. The molecule has 112 valence electrons. The van der Waals surface area contributed by atoms with Crippen molar-refractivity contribution in [1.82, 2.24) is 10.3 Å². The molecular formula is C14H16N2O5. The zero-order valence-corrected chi connectivity index (χ0v) is 11.3. The van der Waals surface area contributed by atoms with Gasteiger partial charge in [-0.3, -0.25) is 4.79 Å². The summed E-state index contributed by atoms with van der Waals surface area (Å²) >= 11 is 0. The third-order valence-electron chi connectivity index (χ3n) is 3.25. The number of fused-ring (bicyclic) bond motifs is 1. The first-order valence-electron chi connectivity index (χ1n) is 6.35. The number of aliphatic hydroxyl groups excluding tert-OH is 2. The van der Waals surface area contributed by atoms with Gasteiger partial charge < -0.3 is 25.6 Å². The lowest BCUT2D eigenvalue weighted by Gasteiger charge is -2.18. The van der Waals surface area contributed by atoms with Crippen molar-refractivity contribution in [2.75, 3.05) is 13.6 Å². The molecule has 1 aromatic carbocycles. The number of hydrogen-bond acceptors (Lipinski definition) is 5. The summed E-state index contributed by atoms with van der Waals surface area (Å²) in [5.41, 5.74) is -0.0961. The summed E-state index contributed by atoms with van der Waals surface area (Å²) < 4.78 is 0. The lowest BCUT2D eigenvalue weighted by Crippen LogP contribution is -2.29. The van der Waals surface area contributed by atoms with Gasteiger partial charge in [0.2, 0.25) is 5.43 Å². The van der Waals surface area contributed by atoms with Crippen molar-refractivity contribution in [1.29, 1.82) is 0 Å². The lowest BCUT2D eigenvalue weighted by atomic mass is 10.0. The highest BCUT2D eigenvalue weighted by atomic mass is 16.4. The van der Waals surface area contributed by atoms with E-state index in [1.54, 1.807) is 7.05 Å². The minimum atomic E-state index is -1.30. The number of H-pyrrole nitrogens is 1. The van der Waals surface area contributed by atoms with Crippen molar-refractivity contribution >= 4 is 16.9 Å². The van der Waals surface area contributed by atoms with Gasteiger partial charge >= 0.3 is 5.97 Å². The van der Waals surface area contributed by atoms with Gasteiger partial charge in [0.1, 0.15) is 11.7 Å². The van der Waals surface area contributed by atoms with E-state index in [1.165, 1.54) is 18.2 Å². The Balaban J connectivity index is 2.46. The van der Waals surface area contributed by atoms with Crippen LogP contribution < -0.4 is 10.7 Å². The molecule has 0 bridgehead atoms. The number of rotatable bonds is 5. The zero-order valence-electron chi connectivity index (χ0n) is 11.3. The molecule has 0 radical (unpaired) electrons. The van der Waals surface area contributed by atoms with Gasteiger partial charge in [0.25, 0.3) is 0 Å². The van der Waals surface area contributed by atoms with Crippen LogP contribution in [0.3, 0.4) is 0 Å². The van der Waals surface area contributed by atoms with E-state index in [-0.39, 0.29) is 17.5 Å². The Labute approximate surface area is 119 Å². The maximum absolute atomic E-state index is 12.0. The topological polar surface area (TPSA) is 123 Å². The van der Waals surface area contributed by atoms with E-state index in [1.807, 2.05) is 0 Å². The molecule has 2 unspecified atom stereocenters. The fourth-order valence-electron chi connectivity index (χ4n) is 2.13. The number of nitrogens with one attached hydrogen (secondary N) is 2. The smallest absolute Gasteiger partial charge is 0.341 e. The number of likely N-dealkylation sites (N-methyl/N-ethyl adjacent to an activating group) is 1. The maximum Gasteiger partial charge on any atom is 0.341 e. The van der Waals surface area contributed by atoms with Crippen LogP contribution in [0.5, 0.6) is 0 Å². The molecule has 0 saturated carbocycles. The van der Waals surface area contributed by atoms with E-state index < -0.39 is 23.6 Å². The Morgan fingerprint density at radius 3 is 2.71 bits per heavy atom. The number of aromatic carboxylic acids is 1. The van der Waals surface area contributed by atoms with Crippen LogP contribution in [-0.4, -0.2) is 46.0 Å². The molecule has 1 aromatic heterocycles. The molecule has 21 heavy (non-hydrogen) atoms. The van der Waals surface area contributed by atoms with Gasteiger partial charge in [0.15, 0.2) is 0 Å². The second-order valence-electron chi connectivity index (χ2n) is 4.71. The SMILES string of the molecule is CNCC(O)C(O)c1ccc2c(=O)c(C(=O)O)c[nH]c2c1.